The summed E-state index contributed by atoms with van der Waals surface area (Å²) in [4.78, 5) is 20.7. The molecule has 2 aromatic heterocycles. The second-order valence-electron chi connectivity index (χ2n) is 6.88. The van der Waals surface area contributed by atoms with E-state index >= 15 is 0 Å². The molecule has 0 spiro atoms. The molecule has 1 saturated heterocycles. The minimum absolute atomic E-state index is 0.0214. The molecule has 4 nitrogen and oxygen atoms in total. The molecule has 7 heteroatoms. The molecule has 1 amide bonds. The van der Waals surface area contributed by atoms with Gasteiger partial charge in [0.1, 0.15) is 5.01 Å². The van der Waals surface area contributed by atoms with Crippen LogP contribution < -0.4 is 5.32 Å². The van der Waals surface area contributed by atoms with Gasteiger partial charge >= 0.3 is 0 Å². The number of thiazole rings is 1. The number of aryl methyl sites for hydroxylation is 1. The zero-order chi connectivity index (χ0) is 19.3. The topological polar surface area (TPSA) is 45.2 Å². The predicted octanol–water partition coefficient (Wildman–Crippen LogP) is 4.91. The van der Waals surface area contributed by atoms with Crippen LogP contribution >= 0.6 is 34.4 Å². The summed E-state index contributed by atoms with van der Waals surface area (Å²) in [5.74, 6) is 2.42. The van der Waals surface area contributed by atoms with Crippen molar-refractivity contribution < 1.29 is 4.79 Å². The molecule has 1 N–H and O–H groups in total. The number of nitrogens with one attached hydrogen (secondary N) is 1. The highest BCUT2D eigenvalue weighted by molar-refractivity contribution is 7.99. The van der Waals surface area contributed by atoms with Gasteiger partial charge in [0.25, 0.3) is 0 Å². The van der Waals surface area contributed by atoms with E-state index in [0.29, 0.717) is 6.42 Å². The lowest BCUT2D eigenvalue weighted by Crippen LogP contribution is -2.31. The third kappa shape index (κ3) is 5.03. The van der Waals surface area contributed by atoms with E-state index in [-0.39, 0.29) is 5.91 Å². The molecule has 0 saturated carbocycles. The number of aromatic nitrogens is 1. The van der Waals surface area contributed by atoms with E-state index in [0.717, 1.165) is 46.5 Å². The molecule has 3 heterocycles. The molecule has 28 heavy (non-hydrogen) atoms. The van der Waals surface area contributed by atoms with Crippen LogP contribution in [0.5, 0.6) is 0 Å². The fourth-order valence-electron chi connectivity index (χ4n) is 3.24. The fraction of sp³-hybridized carbons (Fsp3) is 0.333. The van der Waals surface area contributed by atoms with Gasteiger partial charge in [0.2, 0.25) is 5.91 Å². The number of hydrogen-bond acceptors (Lipinski definition) is 6. The SMILES string of the molecule is Cc1cc(CN2CCSCC2)ccc1NC(=O)Cc1csc(-c2cccs2)n1. The number of benzene rings is 1. The zero-order valence-corrected chi connectivity index (χ0v) is 18.3. The quantitative estimate of drug-likeness (QED) is 0.605. The van der Waals surface area contributed by atoms with Gasteiger partial charge in [0.05, 0.1) is 17.0 Å². The smallest absolute Gasteiger partial charge is 0.230 e. The molecule has 0 radical (unpaired) electrons. The predicted molar refractivity (Wildman–Crippen MR) is 122 cm³/mol. The van der Waals surface area contributed by atoms with Crippen LogP contribution in [0, 0.1) is 6.92 Å². The number of amides is 1. The second-order valence-corrected chi connectivity index (χ2v) is 9.91. The van der Waals surface area contributed by atoms with Gasteiger partial charge in [-0.1, -0.05) is 18.2 Å². The van der Waals surface area contributed by atoms with Crippen molar-refractivity contribution in [3.63, 3.8) is 0 Å². The first-order chi connectivity index (χ1) is 13.7. The van der Waals surface area contributed by atoms with E-state index in [1.54, 1.807) is 22.7 Å². The van der Waals surface area contributed by atoms with Crippen LogP contribution in [0.4, 0.5) is 5.69 Å². The van der Waals surface area contributed by atoms with E-state index in [1.807, 2.05) is 34.7 Å². The lowest BCUT2D eigenvalue weighted by atomic mass is 10.1. The first-order valence-corrected chi connectivity index (χ1v) is 12.3. The van der Waals surface area contributed by atoms with Gasteiger partial charge in [0, 0.05) is 42.2 Å². The number of thiophene rings is 1. The highest BCUT2D eigenvalue weighted by atomic mass is 32.2. The Bertz CT molecular complexity index is 930. The third-order valence-corrected chi connectivity index (χ3v) is 7.57. The largest absolute Gasteiger partial charge is 0.326 e. The van der Waals surface area contributed by atoms with Crippen molar-refractivity contribution in [1.29, 1.82) is 0 Å². The highest BCUT2D eigenvalue weighted by Gasteiger charge is 2.13. The Balaban J connectivity index is 1.35. The van der Waals surface area contributed by atoms with Gasteiger partial charge in [-0.2, -0.15) is 11.8 Å². The van der Waals surface area contributed by atoms with E-state index in [2.05, 4.69) is 40.3 Å². The minimum atomic E-state index is -0.0214. The normalized spacial score (nSPS) is 14.9. The van der Waals surface area contributed by atoms with E-state index in [1.165, 1.54) is 17.1 Å². The Morgan fingerprint density at radius 2 is 2.07 bits per heavy atom. The molecular weight excluding hydrogens is 406 g/mol. The number of hydrogen-bond donors (Lipinski definition) is 1. The maximum Gasteiger partial charge on any atom is 0.230 e. The summed E-state index contributed by atoms with van der Waals surface area (Å²) in [7, 11) is 0. The lowest BCUT2D eigenvalue weighted by molar-refractivity contribution is -0.115. The van der Waals surface area contributed by atoms with Crippen molar-refractivity contribution in [2.75, 3.05) is 29.9 Å². The summed E-state index contributed by atoms with van der Waals surface area (Å²) in [6.45, 7) is 5.36. The first-order valence-electron chi connectivity index (χ1n) is 9.35. The Morgan fingerprint density at radius 3 is 2.82 bits per heavy atom. The van der Waals surface area contributed by atoms with Crippen LogP contribution in [0.3, 0.4) is 0 Å². The van der Waals surface area contributed by atoms with Crippen molar-refractivity contribution in [3.05, 3.63) is 57.9 Å². The summed E-state index contributed by atoms with van der Waals surface area (Å²) in [6, 6.07) is 10.4. The molecule has 146 valence electrons. The summed E-state index contributed by atoms with van der Waals surface area (Å²) in [5, 5.41) is 8.04. The minimum Gasteiger partial charge on any atom is -0.326 e. The Hall–Kier alpha value is -1.67. The van der Waals surface area contributed by atoms with Crippen molar-refractivity contribution in [2.24, 2.45) is 0 Å². The number of nitrogens with zero attached hydrogens (tertiary/aromatic N) is 2. The van der Waals surface area contributed by atoms with Gasteiger partial charge < -0.3 is 5.32 Å². The van der Waals surface area contributed by atoms with Crippen molar-refractivity contribution in [2.45, 2.75) is 19.9 Å². The molecule has 0 aliphatic carbocycles. The van der Waals surface area contributed by atoms with Crippen molar-refractivity contribution >= 4 is 46.0 Å². The second kappa shape index (κ2) is 9.22. The van der Waals surface area contributed by atoms with E-state index < -0.39 is 0 Å². The monoisotopic (exact) mass is 429 g/mol. The molecule has 1 aliphatic heterocycles. The van der Waals surface area contributed by atoms with Crippen LogP contribution in [0.25, 0.3) is 9.88 Å². The summed E-state index contributed by atoms with van der Waals surface area (Å²) >= 11 is 5.29. The van der Waals surface area contributed by atoms with E-state index in [4.69, 9.17) is 0 Å². The highest BCUT2D eigenvalue weighted by Crippen LogP contribution is 2.28. The molecule has 1 fully saturated rings. The zero-order valence-electron chi connectivity index (χ0n) is 15.8. The van der Waals surface area contributed by atoms with Gasteiger partial charge in [-0.15, -0.1) is 22.7 Å². The van der Waals surface area contributed by atoms with Crippen LogP contribution in [0.2, 0.25) is 0 Å². The van der Waals surface area contributed by atoms with Crippen molar-refractivity contribution in [3.8, 4) is 9.88 Å². The van der Waals surface area contributed by atoms with Crippen LogP contribution in [0.15, 0.2) is 41.1 Å². The van der Waals surface area contributed by atoms with Gasteiger partial charge in [-0.05, 0) is 35.6 Å². The molecule has 0 atom stereocenters. The van der Waals surface area contributed by atoms with Crippen LogP contribution in [0.1, 0.15) is 16.8 Å². The number of carbonyl (C=O) groups is 1. The van der Waals surface area contributed by atoms with Gasteiger partial charge in [-0.3, -0.25) is 9.69 Å². The van der Waals surface area contributed by atoms with Gasteiger partial charge in [-0.25, -0.2) is 4.98 Å². The Morgan fingerprint density at radius 1 is 1.21 bits per heavy atom. The molecule has 0 bridgehead atoms. The molecule has 1 aliphatic rings. The molecular formula is C21H23N3OS3. The Labute approximate surface area is 178 Å². The van der Waals surface area contributed by atoms with Crippen LogP contribution in [-0.2, 0) is 17.8 Å². The summed E-state index contributed by atoms with van der Waals surface area (Å²) in [6.07, 6.45) is 0.300. The average molecular weight is 430 g/mol. The molecule has 3 aromatic rings. The Kier molecular flexibility index (Phi) is 6.47. The molecule has 4 rings (SSSR count). The third-order valence-electron chi connectivity index (χ3n) is 4.70. The summed E-state index contributed by atoms with van der Waals surface area (Å²) in [5.41, 5.74) is 4.12. The number of carbonyl (C=O) groups excluding carboxylic acids is 1. The van der Waals surface area contributed by atoms with Crippen LogP contribution in [-0.4, -0.2) is 40.4 Å². The molecule has 1 aromatic carbocycles. The first kappa shape index (κ1) is 19.6. The summed E-state index contributed by atoms with van der Waals surface area (Å²) < 4.78 is 0. The maximum absolute atomic E-state index is 12.5. The number of rotatable bonds is 6. The maximum atomic E-state index is 12.5. The number of thioether (sulfide) groups is 1. The average Bonchev–Trinajstić information content (AvgIpc) is 3.36. The fourth-order valence-corrected chi connectivity index (χ4v) is 5.85. The van der Waals surface area contributed by atoms with Gasteiger partial charge in [0.15, 0.2) is 0 Å². The van der Waals surface area contributed by atoms with E-state index in [9.17, 15) is 4.79 Å². The lowest BCUT2D eigenvalue weighted by Gasteiger charge is -2.26. The standard InChI is InChI=1S/C21H23N3OS3/c1-15-11-16(13-24-6-9-26-10-7-24)4-5-18(15)23-20(25)12-17-14-28-21(22-17)19-3-2-8-27-19/h2-5,8,11,14H,6-7,9-10,12-13H2,1H3,(H,23,25). The van der Waals surface area contributed by atoms with Crippen molar-refractivity contribution in [1.82, 2.24) is 9.88 Å². The number of anilines is 1. The molecule has 0 unspecified atom stereocenters.